The largest absolute Gasteiger partial charge is 0.370 e. The highest BCUT2D eigenvalue weighted by Gasteiger charge is 2.07. The first-order valence-electron chi connectivity index (χ1n) is 6.54. The van der Waals surface area contributed by atoms with Crippen LogP contribution in [0.2, 0.25) is 0 Å². The van der Waals surface area contributed by atoms with Crippen molar-refractivity contribution in [3.8, 4) is 0 Å². The van der Waals surface area contributed by atoms with Crippen LogP contribution in [0.25, 0.3) is 5.65 Å². The number of nitrogens with one attached hydrogen (secondary N) is 1. The standard InChI is InChI=1S/C14H15N5S/c1-2-7-15-12-10-11(6-8-16-12)20-14-18-17-13-5-3-4-9-19(13)14/h3-6,8-10H,2,7H2,1H3,(H,15,16). The predicted molar refractivity (Wildman–Crippen MR) is 80.1 cm³/mol. The van der Waals surface area contributed by atoms with Crippen molar-refractivity contribution in [1.82, 2.24) is 19.6 Å². The van der Waals surface area contributed by atoms with E-state index in [1.54, 1.807) is 11.8 Å². The molecule has 0 bridgehead atoms. The third-order valence-electron chi connectivity index (χ3n) is 2.78. The fraction of sp³-hybridized carbons (Fsp3) is 0.214. The van der Waals surface area contributed by atoms with Gasteiger partial charge in [-0.3, -0.25) is 4.40 Å². The lowest BCUT2D eigenvalue weighted by Crippen LogP contribution is -2.01. The highest BCUT2D eigenvalue weighted by atomic mass is 32.2. The van der Waals surface area contributed by atoms with Gasteiger partial charge in [-0.1, -0.05) is 13.0 Å². The number of pyridine rings is 2. The Balaban J connectivity index is 1.83. The molecule has 0 aromatic carbocycles. The molecule has 0 aliphatic rings. The third kappa shape index (κ3) is 2.75. The van der Waals surface area contributed by atoms with Crippen molar-refractivity contribution in [2.24, 2.45) is 0 Å². The van der Waals surface area contributed by atoms with E-state index in [0.29, 0.717) is 0 Å². The van der Waals surface area contributed by atoms with Gasteiger partial charge in [-0.15, -0.1) is 10.2 Å². The van der Waals surface area contributed by atoms with E-state index in [-0.39, 0.29) is 0 Å². The summed E-state index contributed by atoms with van der Waals surface area (Å²) in [6.07, 6.45) is 4.85. The van der Waals surface area contributed by atoms with Crippen molar-refractivity contribution >= 4 is 23.2 Å². The zero-order valence-electron chi connectivity index (χ0n) is 11.2. The molecule has 0 unspecified atom stereocenters. The van der Waals surface area contributed by atoms with E-state index in [9.17, 15) is 0 Å². The van der Waals surface area contributed by atoms with Gasteiger partial charge < -0.3 is 5.32 Å². The van der Waals surface area contributed by atoms with Gasteiger partial charge in [0, 0.05) is 23.8 Å². The Labute approximate surface area is 121 Å². The first-order valence-corrected chi connectivity index (χ1v) is 7.36. The molecule has 0 aliphatic heterocycles. The van der Waals surface area contributed by atoms with Crippen LogP contribution in [0.15, 0.2) is 52.8 Å². The van der Waals surface area contributed by atoms with Gasteiger partial charge in [0.2, 0.25) is 0 Å². The molecule has 3 aromatic rings. The summed E-state index contributed by atoms with van der Waals surface area (Å²) in [4.78, 5) is 5.40. The van der Waals surface area contributed by atoms with E-state index in [1.165, 1.54) is 0 Å². The fourth-order valence-corrected chi connectivity index (χ4v) is 2.66. The summed E-state index contributed by atoms with van der Waals surface area (Å²) >= 11 is 1.58. The van der Waals surface area contributed by atoms with E-state index in [2.05, 4.69) is 27.4 Å². The monoisotopic (exact) mass is 285 g/mol. The second-order valence-corrected chi connectivity index (χ2v) is 5.36. The molecule has 1 N–H and O–H groups in total. The first kappa shape index (κ1) is 12.9. The Bertz CT molecular complexity index is 709. The molecule has 0 saturated heterocycles. The molecule has 5 nitrogen and oxygen atoms in total. The van der Waals surface area contributed by atoms with Crippen molar-refractivity contribution in [2.75, 3.05) is 11.9 Å². The molecule has 102 valence electrons. The quantitative estimate of drug-likeness (QED) is 0.780. The number of aromatic nitrogens is 4. The van der Waals surface area contributed by atoms with Crippen molar-refractivity contribution in [1.29, 1.82) is 0 Å². The smallest absolute Gasteiger partial charge is 0.200 e. The van der Waals surface area contributed by atoms with Crippen LogP contribution in [0.3, 0.4) is 0 Å². The van der Waals surface area contributed by atoms with Gasteiger partial charge in [0.15, 0.2) is 10.8 Å². The highest BCUT2D eigenvalue weighted by molar-refractivity contribution is 7.99. The molecule has 0 atom stereocenters. The summed E-state index contributed by atoms with van der Waals surface area (Å²) in [6.45, 7) is 3.06. The molecule has 0 aliphatic carbocycles. The fourth-order valence-electron chi connectivity index (χ4n) is 1.82. The lowest BCUT2D eigenvalue weighted by Gasteiger charge is -2.05. The normalized spacial score (nSPS) is 10.8. The molecular weight excluding hydrogens is 270 g/mol. The number of hydrogen-bond acceptors (Lipinski definition) is 5. The van der Waals surface area contributed by atoms with E-state index in [1.807, 2.05) is 47.1 Å². The van der Waals surface area contributed by atoms with Gasteiger partial charge in [0.25, 0.3) is 0 Å². The number of hydrogen-bond donors (Lipinski definition) is 1. The van der Waals surface area contributed by atoms with Crippen LogP contribution in [0.4, 0.5) is 5.82 Å². The summed E-state index contributed by atoms with van der Waals surface area (Å²) in [7, 11) is 0. The van der Waals surface area contributed by atoms with Crippen molar-refractivity contribution in [2.45, 2.75) is 23.4 Å². The van der Waals surface area contributed by atoms with E-state index in [4.69, 9.17) is 0 Å². The third-order valence-corrected chi connectivity index (χ3v) is 3.73. The number of anilines is 1. The summed E-state index contributed by atoms with van der Waals surface area (Å²) in [5, 5.41) is 12.5. The molecule has 0 saturated carbocycles. The molecule has 0 radical (unpaired) electrons. The summed E-state index contributed by atoms with van der Waals surface area (Å²) in [5.74, 6) is 0.894. The van der Waals surface area contributed by atoms with Crippen LogP contribution in [0.5, 0.6) is 0 Å². The first-order chi connectivity index (χ1) is 9.86. The maximum absolute atomic E-state index is 4.30. The SMILES string of the molecule is CCCNc1cc(Sc2nnc3ccccn23)ccn1. The van der Waals surface area contributed by atoms with E-state index in [0.717, 1.165) is 34.5 Å². The Hall–Kier alpha value is -2.08. The summed E-state index contributed by atoms with van der Waals surface area (Å²) < 4.78 is 1.98. The molecule has 6 heteroatoms. The van der Waals surface area contributed by atoms with Gasteiger partial charge in [-0.05, 0) is 42.4 Å². The lowest BCUT2D eigenvalue weighted by atomic mass is 10.4. The second-order valence-electron chi connectivity index (χ2n) is 4.32. The minimum Gasteiger partial charge on any atom is -0.370 e. The Morgan fingerprint density at radius 2 is 2.20 bits per heavy atom. The molecule has 0 spiro atoms. The summed E-state index contributed by atoms with van der Waals surface area (Å²) in [5.41, 5.74) is 0.855. The Kier molecular flexibility index (Phi) is 3.83. The van der Waals surface area contributed by atoms with Gasteiger partial charge >= 0.3 is 0 Å². The Morgan fingerprint density at radius 3 is 3.10 bits per heavy atom. The molecule has 3 heterocycles. The topological polar surface area (TPSA) is 55.1 Å². The molecule has 0 amide bonds. The van der Waals surface area contributed by atoms with Crippen molar-refractivity contribution in [3.63, 3.8) is 0 Å². The zero-order chi connectivity index (χ0) is 13.8. The van der Waals surface area contributed by atoms with E-state index < -0.39 is 0 Å². The average Bonchev–Trinajstić information content (AvgIpc) is 2.89. The number of fused-ring (bicyclic) bond motifs is 1. The zero-order valence-corrected chi connectivity index (χ0v) is 12.0. The highest BCUT2D eigenvalue weighted by Crippen LogP contribution is 2.27. The molecule has 3 aromatic heterocycles. The van der Waals surface area contributed by atoms with Crippen LogP contribution < -0.4 is 5.32 Å². The number of nitrogens with zero attached hydrogens (tertiary/aromatic N) is 4. The Morgan fingerprint density at radius 1 is 1.25 bits per heavy atom. The number of rotatable bonds is 5. The van der Waals surface area contributed by atoms with Crippen LogP contribution in [-0.4, -0.2) is 26.1 Å². The molecule has 3 rings (SSSR count). The van der Waals surface area contributed by atoms with Gasteiger partial charge in [0.1, 0.15) is 5.82 Å². The minimum absolute atomic E-state index is 0.855. The van der Waals surface area contributed by atoms with Gasteiger partial charge in [-0.25, -0.2) is 4.98 Å². The average molecular weight is 285 g/mol. The maximum atomic E-state index is 4.30. The lowest BCUT2D eigenvalue weighted by molar-refractivity contribution is 0.921. The molecule has 20 heavy (non-hydrogen) atoms. The van der Waals surface area contributed by atoms with Crippen molar-refractivity contribution in [3.05, 3.63) is 42.7 Å². The van der Waals surface area contributed by atoms with E-state index >= 15 is 0 Å². The van der Waals surface area contributed by atoms with Gasteiger partial charge in [-0.2, -0.15) is 0 Å². The van der Waals surface area contributed by atoms with Gasteiger partial charge in [0.05, 0.1) is 0 Å². The maximum Gasteiger partial charge on any atom is 0.200 e. The van der Waals surface area contributed by atoms with Crippen molar-refractivity contribution < 1.29 is 0 Å². The van der Waals surface area contributed by atoms with Crippen LogP contribution in [0.1, 0.15) is 13.3 Å². The molecule has 0 fully saturated rings. The molecular formula is C14H15N5S. The van der Waals surface area contributed by atoms with Crippen LogP contribution in [-0.2, 0) is 0 Å². The van der Waals surface area contributed by atoms with Crippen LogP contribution >= 0.6 is 11.8 Å². The predicted octanol–water partition coefficient (Wildman–Crippen LogP) is 3.10. The summed E-state index contributed by atoms with van der Waals surface area (Å²) in [6, 6.07) is 9.88. The van der Waals surface area contributed by atoms with Crippen LogP contribution in [0, 0.1) is 0 Å². The minimum atomic E-state index is 0.855. The second kappa shape index (κ2) is 5.92.